The van der Waals surface area contributed by atoms with E-state index in [0.29, 0.717) is 6.61 Å². The second kappa shape index (κ2) is 6.23. The first-order valence-electron chi connectivity index (χ1n) is 6.64. The molecule has 6 nitrogen and oxygen atoms in total. The van der Waals surface area contributed by atoms with Crippen LogP contribution >= 0.6 is 0 Å². The van der Waals surface area contributed by atoms with Crippen LogP contribution in [0.1, 0.15) is 33.6 Å². The fraction of sp³-hybridized carbons (Fsp3) is 0.846. The second-order valence-electron chi connectivity index (χ2n) is 5.50. The summed E-state index contributed by atoms with van der Waals surface area (Å²) in [5, 5.41) is 11.1. The van der Waals surface area contributed by atoms with Gasteiger partial charge in [0.05, 0.1) is 12.5 Å². The van der Waals surface area contributed by atoms with Crippen molar-refractivity contribution in [3.63, 3.8) is 0 Å². The van der Waals surface area contributed by atoms with Crippen molar-refractivity contribution in [3.8, 4) is 0 Å². The molecule has 1 aliphatic carbocycles. The summed E-state index contributed by atoms with van der Waals surface area (Å²) in [6.45, 7) is 6.96. The molecule has 0 aromatic rings. The van der Waals surface area contributed by atoms with Gasteiger partial charge in [0.25, 0.3) is 0 Å². The number of amides is 2. The number of nitrogens with one attached hydrogen (secondary N) is 1. The quantitative estimate of drug-likeness (QED) is 0.764. The van der Waals surface area contributed by atoms with Gasteiger partial charge in [0, 0.05) is 31.7 Å². The van der Waals surface area contributed by atoms with Crippen LogP contribution < -0.4 is 5.32 Å². The molecule has 19 heavy (non-hydrogen) atoms. The molecule has 0 saturated heterocycles. The first kappa shape index (κ1) is 15.8. The molecule has 0 radical (unpaired) electrons. The molecular weight excluding hydrogens is 248 g/mol. The molecule has 2 unspecified atom stereocenters. The Hall–Kier alpha value is -1.30. The fourth-order valence-corrected chi connectivity index (χ4v) is 2.55. The van der Waals surface area contributed by atoms with Gasteiger partial charge in [-0.15, -0.1) is 0 Å². The lowest BCUT2D eigenvalue weighted by molar-refractivity contribution is -0.137. The standard InChI is InChI=1S/C13H24N2O4/c1-5-19-10-8-9(13(10,2)3)15(4)12(18)14-7-6-11(16)17/h9-10H,5-8H2,1-4H3,(H,14,18)(H,16,17). The number of hydrogen-bond acceptors (Lipinski definition) is 3. The third-order valence-corrected chi connectivity index (χ3v) is 3.90. The third kappa shape index (κ3) is 3.59. The van der Waals surface area contributed by atoms with Crippen molar-refractivity contribution in [2.75, 3.05) is 20.2 Å². The highest BCUT2D eigenvalue weighted by molar-refractivity contribution is 5.75. The highest BCUT2D eigenvalue weighted by Crippen LogP contribution is 2.45. The molecule has 6 heteroatoms. The van der Waals surface area contributed by atoms with Crippen molar-refractivity contribution >= 4 is 12.0 Å². The maximum Gasteiger partial charge on any atom is 0.317 e. The number of carbonyl (C=O) groups excluding carboxylic acids is 1. The number of nitrogens with zero attached hydrogens (tertiary/aromatic N) is 1. The van der Waals surface area contributed by atoms with Crippen molar-refractivity contribution in [2.45, 2.75) is 45.8 Å². The van der Waals surface area contributed by atoms with E-state index in [1.165, 1.54) is 0 Å². The zero-order valence-electron chi connectivity index (χ0n) is 12.1. The Morgan fingerprint density at radius 1 is 1.47 bits per heavy atom. The van der Waals surface area contributed by atoms with Crippen molar-refractivity contribution < 1.29 is 19.4 Å². The second-order valence-corrected chi connectivity index (χ2v) is 5.50. The minimum atomic E-state index is -0.914. The number of ether oxygens (including phenoxy) is 1. The van der Waals surface area contributed by atoms with Gasteiger partial charge in [0.2, 0.25) is 0 Å². The molecule has 0 spiro atoms. The molecule has 0 aliphatic heterocycles. The SMILES string of the molecule is CCOC1CC(N(C)C(=O)NCCC(=O)O)C1(C)C. The van der Waals surface area contributed by atoms with Gasteiger partial charge in [-0.25, -0.2) is 4.79 Å². The van der Waals surface area contributed by atoms with Gasteiger partial charge in [-0.2, -0.15) is 0 Å². The number of carboxylic acids is 1. The van der Waals surface area contributed by atoms with E-state index in [9.17, 15) is 9.59 Å². The molecule has 1 aliphatic rings. The summed E-state index contributed by atoms with van der Waals surface area (Å²) in [7, 11) is 1.74. The molecule has 0 heterocycles. The number of rotatable bonds is 6. The minimum absolute atomic E-state index is 0.0603. The van der Waals surface area contributed by atoms with Gasteiger partial charge in [0.1, 0.15) is 0 Å². The van der Waals surface area contributed by atoms with Crippen molar-refractivity contribution in [3.05, 3.63) is 0 Å². The molecule has 0 bridgehead atoms. The zero-order valence-corrected chi connectivity index (χ0v) is 12.1. The molecule has 2 amide bonds. The lowest BCUT2D eigenvalue weighted by Crippen LogP contribution is -2.63. The van der Waals surface area contributed by atoms with Crippen LogP contribution in [0.2, 0.25) is 0 Å². The lowest BCUT2D eigenvalue weighted by Gasteiger charge is -2.54. The van der Waals surface area contributed by atoms with E-state index in [4.69, 9.17) is 9.84 Å². The molecule has 2 N–H and O–H groups in total. The van der Waals surface area contributed by atoms with Crippen LogP contribution in [0.3, 0.4) is 0 Å². The van der Waals surface area contributed by atoms with E-state index in [-0.39, 0.29) is 36.6 Å². The minimum Gasteiger partial charge on any atom is -0.481 e. The first-order chi connectivity index (χ1) is 8.80. The highest BCUT2D eigenvalue weighted by Gasteiger charge is 2.51. The van der Waals surface area contributed by atoms with Crippen LogP contribution in [0.4, 0.5) is 4.79 Å². The summed E-state index contributed by atoms with van der Waals surface area (Å²) in [4.78, 5) is 23.9. The fourth-order valence-electron chi connectivity index (χ4n) is 2.55. The summed E-state index contributed by atoms with van der Waals surface area (Å²) in [5.41, 5.74) is -0.0745. The molecule has 1 rings (SSSR count). The van der Waals surface area contributed by atoms with Crippen LogP contribution in [0.15, 0.2) is 0 Å². The van der Waals surface area contributed by atoms with Crippen molar-refractivity contribution in [2.24, 2.45) is 5.41 Å². The van der Waals surface area contributed by atoms with Crippen LogP contribution in [0.25, 0.3) is 0 Å². The van der Waals surface area contributed by atoms with Crippen LogP contribution in [-0.2, 0) is 9.53 Å². The van der Waals surface area contributed by atoms with Crippen LogP contribution in [0, 0.1) is 5.41 Å². The van der Waals surface area contributed by atoms with Gasteiger partial charge in [-0.1, -0.05) is 13.8 Å². The Morgan fingerprint density at radius 3 is 2.58 bits per heavy atom. The van der Waals surface area contributed by atoms with Gasteiger partial charge in [-0.05, 0) is 13.3 Å². The Morgan fingerprint density at radius 2 is 2.11 bits per heavy atom. The van der Waals surface area contributed by atoms with Crippen molar-refractivity contribution in [1.82, 2.24) is 10.2 Å². The maximum atomic E-state index is 11.9. The maximum absolute atomic E-state index is 11.9. The van der Waals surface area contributed by atoms with E-state index in [1.54, 1.807) is 11.9 Å². The Bertz CT molecular complexity index is 344. The summed E-state index contributed by atoms with van der Waals surface area (Å²) < 4.78 is 5.63. The van der Waals surface area contributed by atoms with Crippen LogP contribution in [0.5, 0.6) is 0 Å². The average Bonchev–Trinajstić information content (AvgIpc) is 2.32. The Kier molecular flexibility index (Phi) is 5.17. The molecule has 110 valence electrons. The number of aliphatic carboxylic acids is 1. The molecular formula is C13H24N2O4. The molecule has 0 aromatic carbocycles. The lowest BCUT2D eigenvalue weighted by atomic mass is 9.64. The van der Waals surface area contributed by atoms with Gasteiger partial charge in [-0.3, -0.25) is 4.79 Å². The first-order valence-corrected chi connectivity index (χ1v) is 6.64. The van der Waals surface area contributed by atoms with E-state index in [1.807, 2.05) is 6.92 Å². The van der Waals surface area contributed by atoms with E-state index in [0.717, 1.165) is 6.42 Å². The Balaban J connectivity index is 2.44. The summed E-state index contributed by atoms with van der Waals surface area (Å²) in [6, 6.07) is -0.108. The van der Waals surface area contributed by atoms with E-state index >= 15 is 0 Å². The average molecular weight is 272 g/mol. The topological polar surface area (TPSA) is 78.9 Å². The van der Waals surface area contributed by atoms with E-state index < -0.39 is 5.97 Å². The highest BCUT2D eigenvalue weighted by atomic mass is 16.5. The summed E-state index contributed by atoms with van der Waals surface area (Å²) >= 11 is 0. The van der Waals surface area contributed by atoms with Crippen LogP contribution in [-0.4, -0.2) is 54.4 Å². The van der Waals surface area contributed by atoms with Crippen molar-refractivity contribution in [1.29, 1.82) is 0 Å². The summed E-state index contributed by atoms with van der Waals surface area (Å²) in [6.07, 6.45) is 0.940. The Labute approximate surface area is 114 Å². The predicted octanol–water partition coefficient (Wildman–Crippen LogP) is 1.31. The number of urea groups is 1. The normalized spacial score (nSPS) is 24.4. The van der Waals surface area contributed by atoms with Gasteiger partial charge >= 0.3 is 12.0 Å². The predicted molar refractivity (Wildman–Crippen MR) is 71.0 cm³/mol. The number of hydrogen-bond donors (Lipinski definition) is 2. The van der Waals surface area contributed by atoms with Gasteiger partial charge in [0.15, 0.2) is 0 Å². The molecule has 1 saturated carbocycles. The van der Waals surface area contributed by atoms with E-state index in [2.05, 4.69) is 19.2 Å². The zero-order chi connectivity index (χ0) is 14.6. The number of carbonyl (C=O) groups is 2. The smallest absolute Gasteiger partial charge is 0.317 e. The van der Waals surface area contributed by atoms with Gasteiger partial charge < -0.3 is 20.1 Å². The summed E-state index contributed by atoms with van der Waals surface area (Å²) in [5.74, 6) is -0.914. The number of carboxylic acid groups (broad SMARTS) is 1. The third-order valence-electron chi connectivity index (χ3n) is 3.90. The largest absolute Gasteiger partial charge is 0.481 e. The molecule has 1 fully saturated rings. The molecule has 0 aromatic heterocycles. The molecule has 2 atom stereocenters. The monoisotopic (exact) mass is 272 g/mol.